The molecule has 0 aliphatic rings. The molecule has 0 saturated heterocycles. The lowest BCUT2D eigenvalue weighted by Gasteiger charge is -2.07. The van der Waals surface area contributed by atoms with Crippen LogP contribution in [0.25, 0.3) is 32.3 Å². The first-order chi connectivity index (χ1) is 8.93. The van der Waals surface area contributed by atoms with Crippen molar-refractivity contribution < 1.29 is 0 Å². The summed E-state index contributed by atoms with van der Waals surface area (Å²) in [7, 11) is 0. The molecular weight excluding hydrogens is 216 g/mol. The van der Waals surface area contributed by atoms with Crippen molar-refractivity contribution in [3.05, 3.63) is 72.8 Å². The molecule has 0 bridgehead atoms. The molecule has 0 N–H and O–H groups in total. The smallest absolute Gasteiger partial charge is 0.00203 e. The van der Waals surface area contributed by atoms with Gasteiger partial charge in [-0.05, 0) is 38.4 Å². The highest BCUT2D eigenvalue weighted by atomic mass is 14.1. The number of hydrogen-bond acceptors (Lipinski definition) is 0. The lowest BCUT2D eigenvalue weighted by molar-refractivity contribution is 1.76. The van der Waals surface area contributed by atoms with E-state index >= 15 is 0 Å². The molecule has 4 rings (SSSR count). The van der Waals surface area contributed by atoms with Gasteiger partial charge in [0.1, 0.15) is 0 Å². The van der Waals surface area contributed by atoms with Crippen molar-refractivity contribution in [2.45, 2.75) is 0 Å². The van der Waals surface area contributed by atoms with E-state index < -0.39 is 0 Å². The fourth-order valence-corrected chi connectivity index (χ4v) is 2.69. The van der Waals surface area contributed by atoms with Crippen LogP contribution in [-0.4, -0.2) is 0 Å². The second kappa shape index (κ2) is 3.58. The number of benzene rings is 4. The standard InChI is InChI=1S/C18H11/c1-3-7-16-13(5-1)9-11-15-12-10-14-6-2-4-8-17(14)18(15)16/h1-7,9-12H. The Morgan fingerprint density at radius 2 is 1.33 bits per heavy atom. The summed E-state index contributed by atoms with van der Waals surface area (Å²) >= 11 is 0. The molecule has 83 valence electrons. The second-order valence-corrected chi connectivity index (χ2v) is 4.58. The zero-order valence-electron chi connectivity index (χ0n) is 9.85. The van der Waals surface area contributed by atoms with Gasteiger partial charge < -0.3 is 0 Å². The zero-order chi connectivity index (χ0) is 11.9. The van der Waals surface area contributed by atoms with E-state index in [1.807, 2.05) is 12.1 Å². The minimum absolute atomic E-state index is 1.21. The van der Waals surface area contributed by atoms with Gasteiger partial charge in [-0.25, -0.2) is 0 Å². The topological polar surface area (TPSA) is 0 Å². The predicted octanol–water partition coefficient (Wildman–Crippen LogP) is 4.95. The molecule has 0 saturated carbocycles. The third-order valence-corrected chi connectivity index (χ3v) is 3.54. The Bertz CT molecular complexity index is 802. The van der Waals surface area contributed by atoms with Gasteiger partial charge in [-0.3, -0.25) is 0 Å². The summed E-state index contributed by atoms with van der Waals surface area (Å²) in [5.74, 6) is 0. The van der Waals surface area contributed by atoms with Crippen LogP contribution in [-0.2, 0) is 0 Å². The third-order valence-electron chi connectivity index (χ3n) is 3.54. The van der Waals surface area contributed by atoms with Crippen molar-refractivity contribution >= 4 is 32.3 Å². The van der Waals surface area contributed by atoms with Crippen molar-refractivity contribution in [2.24, 2.45) is 0 Å². The molecule has 0 aromatic heterocycles. The molecule has 4 aromatic rings. The molecule has 0 atom stereocenters. The van der Waals surface area contributed by atoms with Crippen molar-refractivity contribution in [1.29, 1.82) is 0 Å². The van der Waals surface area contributed by atoms with Crippen molar-refractivity contribution in [3.8, 4) is 0 Å². The minimum atomic E-state index is 1.21. The highest BCUT2D eigenvalue weighted by Gasteiger charge is 2.04. The van der Waals surface area contributed by atoms with Crippen LogP contribution in [0.5, 0.6) is 0 Å². The summed E-state index contributed by atoms with van der Waals surface area (Å²) in [5, 5.41) is 7.65. The first-order valence-corrected chi connectivity index (χ1v) is 6.14. The van der Waals surface area contributed by atoms with Gasteiger partial charge in [0.2, 0.25) is 0 Å². The highest BCUT2D eigenvalue weighted by molar-refractivity contribution is 6.19. The third kappa shape index (κ3) is 1.26. The molecule has 4 aromatic carbocycles. The quantitative estimate of drug-likeness (QED) is 0.373. The molecule has 0 spiro atoms. The normalized spacial score (nSPS) is 11.3. The van der Waals surface area contributed by atoms with Gasteiger partial charge in [0.25, 0.3) is 0 Å². The average Bonchev–Trinajstić information content (AvgIpc) is 2.46. The molecule has 0 nitrogen and oxygen atoms in total. The Hall–Kier alpha value is -2.34. The summed E-state index contributed by atoms with van der Waals surface area (Å²) in [6.45, 7) is 0. The van der Waals surface area contributed by atoms with E-state index in [0.717, 1.165) is 0 Å². The molecule has 18 heavy (non-hydrogen) atoms. The van der Waals surface area contributed by atoms with Crippen molar-refractivity contribution in [1.82, 2.24) is 0 Å². The van der Waals surface area contributed by atoms with Crippen LogP contribution in [0.15, 0.2) is 66.7 Å². The average molecular weight is 227 g/mol. The molecule has 0 amide bonds. The van der Waals surface area contributed by atoms with Gasteiger partial charge in [-0.15, -0.1) is 0 Å². The molecule has 0 aliphatic heterocycles. The van der Waals surface area contributed by atoms with Crippen LogP contribution in [0, 0.1) is 6.07 Å². The van der Waals surface area contributed by atoms with E-state index in [1.54, 1.807) is 0 Å². The summed E-state index contributed by atoms with van der Waals surface area (Å²) in [5.41, 5.74) is 0. The monoisotopic (exact) mass is 227 g/mol. The van der Waals surface area contributed by atoms with Crippen LogP contribution in [0.1, 0.15) is 0 Å². The molecule has 0 unspecified atom stereocenters. The predicted molar refractivity (Wildman–Crippen MR) is 77.8 cm³/mol. The largest absolute Gasteiger partial charge is 0.0616 e. The Balaban J connectivity index is 2.38. The zero-order valence-corrected chi connectivity index (χ0v) is 9.85. The van der Waals surface area contributed by atoms with Crippen molar-refractivity contribution in [3.63, 3.8) is 0 Å². The summed E-state index contributed by atoms with van der Waals surface area (Å²) in [4.78, 5) is 0. The fraction of sp³-hybridized carbons (Fsp3) is 0. The van der Waals surface area contributed by atoms with E-state index in [0.29, 0.717) is 0 Å². The number of hydrogen-bond donors (Lipinski definition) is 0. The van der Waals surface area contributed by atoms with Gasteiger partial charge >= 0.3 is 0 Å². The summed E-state index contributed by atoms with van der Waals surface area (Å²) in [6.07, 6.45) is 0. The first-order valence-electron chi connectivity index (χ1n) is 6.14. The maximum atomic E-state index is 3.39. The van der Waals surface area contributed by atoms with Crippen LogP contribution in [0.2, 0.25) is 0 Å². The maximum Gasteiger partial charge on any atom is -0.00203 e. The summed E-state index contributed by atoms with van der Waals surface area (Å²) in [6, 6.07) is 26.8. The molecule has 0 heterocycles. The van der Waals surface area contributed by atoms with E-state index in [-0.39, 0.29) is 0 Å². The SMILES string of the molecule is [c]1cccc2ccc3ccc4ccccc4c3c12. The van der Waals surface area contributed by atoms with Crippen LogP contribution < -0.4 is 0 Å². The highest BCUT2D eigenvalue weighted by Crippen LogP contribution is 2.31. The van der Waals surface area contributed by atoms with Gasteiger partial charge in [0.15, 0.2) is 0 Å². The van der Waals surface area contributed by atoms with Gasteiger partial charge in [-0.1, -0.05) is 66.7 Å². The molecule has 0 heteroatoms. The molecule has 0 aliphatic carbocycles. The molecular formula is C18H11. The van der Waals surface area contributed by atoms with E-state index in [1.165, 1.54) is 32.3 Å². The first kappa shape index (κ1) is 9.67. The Labute approximate surface area is 105 Å². The van der Waals surface area contributed by atoms with Crippen molar-refractivity contribution in [2.75, 3.05) is 0 Å². The lowest BCUT2D eigenvalue weighted by Crippen LogP contribution is -1.80. The Morgan fingerprint density at radius 1 is 0.611 bits per heavy atom. The number of rotatable bonds is 0. The Morgan fingerprint density at radius 3 is 2.28 bits per heavy atom. The van der Waals surface area contributed by atoms with Crippen LogP contribution >= 0.6 is 0 Å². The maximum absolute atomic E-state index is 3.39. The Kier molecular flexibility index (Phi) is 1.92. The van der Waals surface area contributed by atoms with Crippen LogP contribution in [0.3, 0.4) is 0 Å². The minimum Gasteiger partial charge on any atom is -0.0616 e. The van der Waals surface area contributed by atoms with Crippen LogP contribution in [0.4, 0.5) is 0 Å². The molecule has 1 radical (unpaired) electrons. The second-order valence-electron chi connectivity index (χ2n) is 4.58. The van der Waals surface area contributed by atoms with E-state index in [4.69, 9.17) is 0 Å². The lowest BCUT2D eigenvalue weighted by atomic mass is 9.97. The molecule has 0 fully saturated rings. The van der Waals surface area contributed by atoms with E-state index in [9.17, 15) is 0 Å². The summed E-state index contributed by atoms with van der Waals surface area (Å²) < 4.78 is 0. The van der Waals surface area contributed by atoms with Gasteiger partial charge in [0, 0.05) is 0 Å². The van der Waals surface area contributed by atoms with Gasteiger partial charge in [0.05, 0.1) is 0 Å². The number of fused-ring (bicyclic) bond motifs is 5. The van der Waals surface area contributed by atoms with E-state index in [2.05, 4.69) is 60.7 Å². The van der Waals surface area contributed by atoms with Gasteiger partial charge in [-0.2, -0.15) is 0 Å². The fourth-order valence-electron chi connectivity index (χ4n) is 2.69.